The van der Waals surface area contributed by atoms with E-state index in [0.717, 1.165) is 31.6 Å². The smallest absolute Gasteiger partial charge is 0.228 e. The third-order valence-corrected chi connectivity index (χ3v) is 6.51. The molecule has 1 saturated heterocycles. The van der Waals surface area contributed by atoms with Crippen LogP contribution in [-0.4, -0.2) is 29.9 Å². The molecule has 3 heteroatoms. The average Bonchev–Trinajstić information content (AvgIpc) is 3.08. The van der Waals surface area contributed by atoms with Gasteiger partial charge in [0.15, 0.2) is 0 Å². The van der Waals surface area contributed by atoms with Gasteiger partial charge in [-0.2, -0.15) is 0 Å². The molecule has 1 amide bonds. The van der Waals surface area contributed by atoms with E-state index >= 15 is 0 Å². The van der Waals surface area contributed by atoms with Gasteiger partial charge in [-0.3, -0.25) is 9.69 Å². The molecule has 0 radical (unpaired) electrons. The lowest BCUT2D eigenvalue weighted by molar-refractivity contribution is -0.122. The third kappa shape index (κ3) is 1.22. The molecule has 1 aromatic rings. The second kappa shape index (κ2) is 3.90. The summed E-state index contributed by atoms with van der Waals surface area (Å²) < 4.78 is 0. The van der Waals surface area contributed by atoms with Crippen molar-refractivity contribution in [2.45, 2.75) is 24.3 Å². The van der Waals surface area contributed by atoms with Crippen molar-refractivity contribution < 1.29 is 4.79 Å². The molecule has 3 heterocycles. The van der Waals surface area contributed by atoms with Crippen molar-refractivity contribution in [1.82, 2.24) is 4.90 Å². The maximum Gasteiger partial charge on any atom is 0.228 e. The van der Waals surface area contributed by atoms with E-state index in [1.54, 1.807) is 0 Å². The Balaban J connectivity index is 1.82. The zero-order chi connectivity index (χ0) is 14.9. The van der Waals surface area contributed by atoms with E-state index < -0.39 is 0 Å². The van der Waals surface area contributed by atoms with Crippen LogP contribution in [0.5, 0.6) is 0 Å². The van der Waals surface area contributed by atoms with Gasteiger partial charge in [0, 0.05) is 29.1 Å². The summed E-state index contributed by atoms with van der Waals surface area (Å²) in [5, 5.41) is 3.14. The van der Waals surface area contributed by atoms with E-state index in [2.05, 4.69) is 47.2 Å². The summed E-state index contributed by atoms with van der Waals surface area (Å²) in [6, 6.07) is 8.77. The Kier molecular flexibility index (Phi) is 2.25. The molecule has 1 aliphatic carbocycles. The minimum atomic E-state index is -0.0613. The summed E-state index contributed by atoms with van der Waals surface area (Å²) in [6.45, 7) is 6.21. The molecule has 0 bridgehead atoms. The Hall–Kier alpha value is -1.87. The van der Waals surface area contributed by atoms with Crippen molar-refractivity contribution in [2.75, 3.05) is 18.4 Å². The Morgan fingerprint density at radius 3 is 3.09 bits per heavy atom. The highest BCUT2D eigenvalue weighted by molar-refractivity contribution is 5.98. The zero-order valence-corrected chi connectivity index (χ0v) is 12.6. The normalized spacial score (nSPS) is 41.5. The predicted octanol–water partition coefficient (Wildman–Crippen LogP) is 2.71. The van der Waals surface area contributed by atoms with Crippen LogP contribution in [0.2, 0.25) is 0 Å². The zero-order valence-electron chi connectivity index (χ0n) is 12.6. The molecule has 4 aliphatic rings. The number of hydrogen-bond acceptors (Lipinski definition) is 2. The maximum atomic E-state index is 12.8. The van der Waals surface area contributed by atoms with Crippen LogP contribution < -0.4 is 5.32 Å². The monoisotopic (exact) mass is 292 g/mol. The van der Waals surface area contributed by atoms with Crippen LogP contribution in [0, 0.1) is 11.3 Å². The molecule has 5 rings (SSSR count). The number of carbonyl (C=O) groups is 1. The number of carbonyl (C=O) groups excluding carboxylic acids is 1. The molecule has 0 unspecified atom stereocenters. The number of anilines is 1. The van der Waals surface area contributed by atoms with Crippen LogP contribution in [-0.2, 0) is 10.2 Å². The summed E-state index contributed by atoms with van der Waals surface area (Å²) in [5.41, 5.74) is 2.25. The number of rotatable bonds is 1. The van der Waals surface area contributed by atoms with E-state index in [-0.39, 0.29) is 22.7 Å². The van der Waals surface area contributed by atoms with Gasteiger partial charge in [0.25, 0.3) is 0 Å². The summed E-state index contributed by atoms with van der Waals surface area (Å²) >= 11 is 0. The molecule has 22 heavy (non-hydrogen) atoms. The van der Waals surface area contributed by atoms with Gasteiger partial charge in [-0.15, -0.1) is 6.58 Å². The Morgan fingerprint density at radius 1 is 1.36 bits per heavy atom. The van der Waals surface area contributed by atoms with Crippen molar-refractivity contribution >= 4 is 11.6 Å². The van der Waals surface area contributed by atoms with Gasteiger partial charge in [-0.25, -0.2) is 0 Å². The molecule has 3 aliphatic heterocycles. The number of nitrogens with zero attached hydrogens (tertiary/aromatic N) is 1. The molecule has 2 fully saturated rings. The Bertz CT molecular complexity index is 724. The molecule has 1 aromatic carbocycles. The molecule has 0 aromatic heterocycles. The molecule has 1 N–H and O–H groups in total. The summed E-state index contributed by atoms with van der Waals surface area (Å²) in [4.78, 5) is 15.4. The topological polar surface area (TPSA) is 32.3 Å². The number of nitrogens with one attached hydrogen (secondary N) is 1. The van der Waals surface area contributed by atoms with Crippen molar-refractivity contribution in [3.63, 3.8) is 0 Å². The molecular weight excluding hydrogens is 272 g/mol. The number of benzene rings is 1. The highest BCUT2D eigenvalue weighted by atomic mass is 16.2. The standard InChI is InChI=1S/C19H20N2O/c1-2-18-8-5-10-21-11-9-19(17(18)21)13-6-3-4-7-15(13)20-16(22)14(19)12-18/h2-8,14,17H,1,9-12H2,(H,20,22)/t14-,17+,18-,19+/m0/s1. The lowest BCUT2D eigenvalue weighted by Crippen LogP contribution is -2.52. The Morgan fingerprint density at radius 2 is 2.23 bits per heavy atom. The van der Waals surface area contributed by atoms with Crippen LogP contribution in [0.1, 0.15) is 18.4 Å². The first-order valence-corrected chi connectivity index (χ1v) is 8.17. The van der Waals surface area contributed by atoms with Crippen molar-refractivity contribution in [3.05, 3.63) is 54.6 Å². The second-order valence-corrected chi connectivity index (χ2v) is 7.20. The number of fused-ring (bicyclic) bond motifs is 1. The maximum absolute atomic E-state index is 12.8. The SMILES string of the molecule is C=C[C@]12C=CCN3CC[C@]4(c5ccccc5NC(=O)[C@@H]4C1)[C@H]32. The summed E-state index contributed by atoms with van der Waals surface area (Å²) in [5.74, 6) is 0.253. The van der Waals surface area contributed by atoms with Crippen LogP contribution >= 0.6 is 0 Å². The lowest BCUT2D eigenvalue weighted by Gasteiger charge is -2.45. The van der Waals surface area contributed by atoms with Gasteiger partial charge in [-0.05, 0) is 31.0 Å². The van der Waals surface area contributed by atoms with Crippen molar-refractivity contribution in [2.24, 2.45) is 11.3 Å². The minimum absolute atomic E-state index is 0.0438. The first-order chi connectivity index (χ1) is 10.7. The van der Waals surface area contributed by atoms with E-state index in [4.69, 9.17) is 0 Å². The highest BCUT2D eigenvalue weighted by Crippen LogP contribution is 2.65. The summed E-state index contributed by atoms with van der Waals surface area (Å²) in [7, 11) is 0. The van der Waals surface area contributed by atoms with Gasteiger partial charge in [0.1, 0.15) is 0 Å². The van der Waals surface area contributed by atoms with Gasteiger partial charge in [0.2, 0.25) is 5.91 Å². The minimum Gasteiger partial charge on any atom is -0.326 e. The molecular formula is C19H20N2O. The van der Waals surface area contributed by atoms with E-state index in [1.165, 1.54) is 5.56 Å². The van der Waals surface area contributed by atoms with Gasteiger partial charge < -0.3 is 5.32 Å². The quantitative estimate of drug-likeness (QED) is 0.807. The van der Waals surface area contributed by atoms with Gasteiger partial charge in [-0.1, -0.05) is 36.4 Å². The molecule has 3 nitrogen and oxygen atoms in total. The fourth-order valence-electron chi connectivity index (χ4n) is 5.79. The molecule has 1 saturated carbocycles. The van der Waals surface area contributed by atoms with Crippen LogP contribution in [0.15, 0.2) is 49.1 Å². The predicted molar refractivity (Wildman–Crippen MR) is 86.6 cm³/mol. The highest BCUT2D eigenvalue weighted by Gasteiger charge is 2.69. The lowest BCUT2D eigenvalue weighted by atomic mass is 9.65. The molecule has 1 spiro atoms. The third-order valence-electron chi connectivity index (χ3n) is 6.51. The first-order valence-electron chi connectivity index (χ1n) is 8.17. The fraction of sp³-hybridized carbons (Fsp3) is 0.421. The molecule has 112 valence electrons. The summed E-state index contributed by atoms with van der Waals surface area (Å²) in [6.07, 6.45) is 8.64. The van der Waals surface area contributed by atoms with Crippen LogP contribution in [0.4, 0.5) is 5.69 Å². The largest absolute Gasteiger partial charge is 0.326 e. The van der Waals surface area contributed by atoms with E-state index in [0.29, 0.717) is 6.04 Å². The average molecular weight is 292 g/mol. The number of para-hydroxylation sites is 1. The number of amides is 1. The fourth-order valence-corrected chi connectivity index (χ4v) is 5.79. The molecule has 4 atom stereocenters. The van der Waals surface area contributed by atoms with E-state index in [9.17, 15) is 4.79 Å². The van der Waals surface area contributed by atoms with Gasteiger partial charge in [0.05, 0.1) is 5.92 Å². The Labute approximate surface area is 130 Å². The van der Waals surface area contributed by atoms with Crippen molar-refractivity contribution in [3.8, 4) is 0 Å². The van der Waals surface area contributed by atoms with Crippen molar-refractivity contribution in [1.29, 1.82) is 0 Å². The van der Waals surface area contributed by atoms with Crippen LogP contribution in [0.3, 0.4) is 0 Å². The van der Waals surface area contributed by atoms with Crippen LogP contribution in [0.25, 0.3) is 0 Å². The van der Waals surface area contributed by atoms with Gasteiger partial charge >= 0.3 is 0 Å². The first kappa shape index (κ1) is 12.7. The second-order valence-electron chi connectivity index (χ2n) is 7.20. The van der Waals surface area contributed by atoms with E-state index in [1.807, 2.05) is 12.1 Å². The number of hydrogen-bond donors (Lipinski definition) is 1.